The first-order valence-electron chi connectivity index (χ1n) is 7.43. The van der Waals surface area contributed by atoms with Gasteiger partial charge in [0.2, 0.25) is 5.78 Å². The van der Waals surface area contributed by atoms with Gasteiger partial charge in [0, 0.05) is 16.5 Å². The van der Waals surface area contributed by atoms with Crippen LogP contribution in [0.15, 0.2) is 52.9 Å². The largest absolute Gasteiger partial charge is 0.496 e. The first-order valence-corrected chi connectivity index (χ1v) is 7.43. The van der Waals surface area contributed by atoms with E-state index in [0.29, 0.717) is 11.3 Å². The summed E-state index contributed by atoms with van der Waals surface area (Å²) in [6.45, 7) is 2.09. The molecule has 0 unspecified atom stereocenters. The van der Waals surface area contributed by atoms with Gasteiger partial charge < -0.3 is 9.15 Å². The van der Waals surface area contributed by atoms with Gasteiger partial charge in [0.05, 0.1) is 7.11 Å². The summed E-state index contributed by atoms with van der Waals surface area (Å²) in [5.74, 6) is 1.02. The first kappa shape index (κ1) is 14.4. The zero-order chi connectivity index (χ0) is 15.5. The molecule has 22 heavy (non-hydrogen) atoms. The Morgan fingerprint density at radius 1 is 1.14 bits per heavy atom. The van der Waals surface area contributed by atoms with Crippen LogP contribution in [-0.2, 0) is 6.42 Å². The van der Waals surface area contributed by atoms with E-state index < -0.39 is 0 Å². The van der Waals surface area contributed by atoms with Gasteiger partial charge in [-0.1, -0.05) is 43.7 Å². The number of hydrogen-bond donors (Lipinski definition) is 0. The summed E-state index contributed by atoms with van der Waals surface area (Å²) in [6, 6.07) is 15.0. The summed E-state index contributed by atoms with van der Waals surface area (Å²) in [6.07, 6.45) is 1.74. The second-order valence-corrected chi connectivity index (χ2v) is 5.21. The maximum atomic E-state index is 12.8. The number of carbonyl (C=O) groups is 1. The number of benzene rings is 2. The fraction of sp³-hybridized carbons (Fsp3) is 0.211. The molecular weight excluding hydrogens is 276 g/mol. The quantitative estimate of drug-likeness (QED) is 0.644. The SMILES string of the molecule is CCCc1c(OC)cccc1C(=O)c1cc2ccccc2o1. The molecule has 0 amide bonds. The van der Waals surface area contributed by atoms with E-state index in [1.54, 1.807) is 13.2 Å². The van der Waals surface area contributed by atoms with Crippen LogP contribution < -0.4 is 4.74 Å². The standard InChI is InChI=1S/C19H18O3/c1-3-7-14-15(9-6-11-17(14)21-2)19(20)18-12-13-8-4-5-10-16(13)22-18/h4-6,8-12H,3,7H2,1-2H3. The summed E-state index contributed by atoms with van der Waals surface area (Å²) in [4.78, 5) is 12.8. The molecule has 0 spiro atoms. The van der Waals surface area contributed by atoms with Crippen molar-refractivity contribution in [2.24, 2.45) is 0 Å². The molecule has 3 nitrogen and oxygen atoms in total. The molecule has 0 aliphatic carbocycles. The van der Waals surface area contributed by atoms with Crippen LogP contribution in [0.25, 0.3) is 11.0 Å². The van der Waals surface area contributed by atoms with E-state index in [0.717, 1.165) is 35.1 Å². The van der Waals surface area contributed by atoms with E-state index in [-0.39, 0.29) is 5.78 Å². The molecule has 0 N–H and O–H groups in total. The van der Waals surface area contributed by atoms with Gasteiger partial charge in [-0.2, -0.15) is 0 Å². The van der Waals surface area contributed by atoms with Crippen molar-refractivity contribution in [2.45, 2.75) is 19.8 Å². The number of ether oxygens (including phenoxy) is 1. The number of hydrogen-bond acceptors (Lipinski definition) is 3. The van der Waals surface area contributed by atoms with Crippen LogP contribution >= 0.6 is 0 Å². The lowest BCUT2D eigenvalue weighted by Gasteiger charge is -2.11. The van der Waals surface area contributed by atoms with Gasteiger partial charge in [-0.3, -0.25) is 4.79 Å². The van der Waals surface area contributed by atoms with Crippen LogP contribution in [-0.4, -0.2) is 12.9 Å². The Labute approximate surface area is 129 Å². The summed E-state index contributed by atoms with van der Waals surface area (Å²) in [5.41, 5.74) is 2.32. The molecule has 0 aliphatic heterocycles. The Balaban J connectivity index is 2.08. The van der Waals surface area contributed by atoms with E-state index in [1.165, 1.54) is 0 Å². The van der Waals surface area contributed by atoms with E-state index >= 15 is 0 Å². The smallest absolute Gasteiger partial charge is 0.228 e. The molecule has 0 fully saturated rings. The third kappa shape index (κ3) is 2.50. The predicted molar refractivity (Wildman–Crippen MR) is 86.6 cm³/mol. The van der Waals surface area contributed by atoms with Gasteiger partial charge in [-0.05, 0) is 24.6 Å². The second-order valence-electron chi connectivity index (χ2n) is 5.21. The van der Waals surface area contributed by atoms with E-state index in [9.17, 15) is 4.79 Å². The average Bonchev–Trinajstić information content (AvgIpc) is 2.98. The fourth-order valence-corrected chi connectivity index (χ4v) is 2.70. The van der Waals surface area contributed by atoms with E-state index in [1.807, 2.05) is 42.5 Å². The summed E-state index contributed by atoms with van der Waals surface area (Å²) < 4.78 is 11.1. The number of ketones is 1. The van der Waals surface area contributed by atoms with Crippen LogP contribution in [0.4, 0.5) is 0 Å². The Hall–Kier alpha value is -2.55. The lowest BCUT2D eigenvalue weighted by Crippen LogP contribution is -2.06. The Bertz CT molecular complexity index is 781. The minimum Gasteiger partial charge on any atom is -0.496 e. The van der Waals surface area contributed by atoms with Gasteiger partial charge in [-0.25, -0.2) is 0 Å². The number of para-hydroxylation sites is 1. The van der Waals surface area contributed by atoms with Gasteiger partial charge in [-0.15, -0.1) is 0 Å². The number of furan rings is 1. The number of methoxy groups -OCH3 is 1. The molecule has 0 bridgehead atoms. The van der Waals surface area contributed by atoms with Crippen molar-refractivity contribution in [3.8, 4) is 5.75 Å². The maximum Gasteiger partial charge on any atom is 0.228 e. The molecule has 0 saturated heterocycles. The van der Waals surface area contributed by atoms with Crippen LogP contribution in [0.1, 0.15) is 35.0 Å². The third-order valence-corrected chi connectivity index (χ3v) is 3.75. The van der Waals surface area contributed by atoms with Crippen molar-refractivity contribution in [1.29, 1.82) is 0 Å². The van der Waals surface area contributed by atoms with E-state index in [4.69, 9.17) is 9.15 Å². The lowest BCUT2D eigenvalue weighted by atomic mass is 9.97. The van der Waals surface area contributed by atoms with Crippen molar-refractivity contribution in [2.75, 3.05) is 7.11 Å². The van der Waals surface area contributed by atoms with Gasteiger partial charge in [0.1, 0.15) is 11.3 Å². The molecule has 0 aliphatic rings. The maximum absolute atomic E-state index is 12.8. The monoisotopic (exact) mass is 294 g/mol. The van der Waals surface area contributed by atoms with Crippen LogP contribution in [0.5, 0.6) is 5.75 Å². The highest BCUT2D eigenvalue weighted by Crippen LogP contribution is 2.28. The molecule has 112 valence electrons. The summed E-state index contributed by atoms with van der Waals surface area (Å²) in [5, 5.41) is 0.936. The van der Waals surface area contributed by atoms with Crippen molar-refractivity contribution in [3.05, 3.63) is 65.4 Å². The molecule has 3 aromatic rings. The van der Waals surface area contributed by atoms with E-state index in [2.05, 4.69) is 6.92 Å². The molecular formula is C19H18O3. The molecule has 2 aromatic carbocycles. The number of fused-ring (bicyclic) bond motifs is 1. The van der Waals surface area contributed by atoms with Crippen molar-refractivity contribution >= 4 is 16.8 Å². The Morgan fingerprint density at radius 3 is 2.68 bits per heavy atom. The van der Waals surface area contributed by atoms with Gasteiger partial charge in [0.25, 0.3) is 0 Å². The normalized spacial score (nSPS) is 10.8. The molecule has 1 heterocycles. The highest BCUT2D eigenvalue weighted by Gasteiger charge is 2.19. The minimum atomic E-state index is -0.0986. The third-order valence-electron chi connectivity index (χ3n) is 3.75. The molecule has 1 aromatic heterocycles. The number of carbonyl (C=O) groups excluding carboxylic acids is 1. The molecule has 0 saturated carbocycles. The van der Waals surface area contributed by atoms with Crippen molar-refractivity contribution < 1.29 is 13.9 Å². The molecule has 0 atom stereocenters. The summed E-state index contributed by atoms with van der Waals surface area (Å²) in [7, 11) is 1.63. The van der Waals surface area contributed by atoms with Gasteiger partial charge in [0.15, 0.2) is 5.76 Å². The number of rotatable bonds is 5. The van der Waals surface area contributed by atoms with Crippen LogP contribution in [0.2, 0.25) is 0 Å². The topological polar surface area (TPSA) is 39.4 Å². The highest BCUT2D eigenvalue weighted by molar-refractivity contribution is 6.10. The van der Waals surface area contributed by atoms with Crippen LogP contribution in [0, 0.1) is 0 Å². The van der Waals surface area contributed by atoms with Crippen molar-refractivity contribution in [1.82, 2.24) is 0 Å². The zero-order valence-corrected chi connectivity index (χ0v) is 12.8. The Morgan fingerprint density at radius 2 is 1.95 bits per heavy atom. The second kappa shape index (κ2) is 6.06. The zero-order valence-electron chi connectivity index (χ0n) is 12.8. The summed E-state index contributed by atoms with van der Waals surface area (Å²) >= 11 is 0. The lowest BCUT2D eigenvalue weighted by molar-refractivity contribution is 0.101. The highest BCUT2D eigenvalue weighted by atomic mass is 16.5. The predicted octanol–water partition coefficient (Wildman–Crippen LogP) is 4.62. The molecule has 3 heteroatoms. The van der Waals surface area contributed by atoms with Crippen molar-refractivity contribution in [3.63, 3.8) is 0 Å². The van der Waals surface area contributed by atoms with Gasteiger partial charge >= 0.3 is 0 Å². The Kier molecular flexibility index (Phi) is 3.96. The molecule has 3 rings (SSSR count). The average molecular weight is 294 g/mol. The molecule has 0 radical (unpaired) electrons. The minimum absolute atomic E-state index is 0.0986. The first-order chi connectivity index (χ1) is 10.7. The fourth-order valence-electron chi connectivity index (χ4n) is 2.70. The van der Waals surface area contributed by atoms with Crippen LogP contribution in [0.3, 0.4) is 0 Å².